The van der Waals surface area contributed by atoms with Crippen molar-refractivity contribution >= 4 is 11.5 Å². The normalized spacial score (nSPS) is 12.1. The van der Waals surface area contributed by atoms with Gasteiger partial charge in [-0.05, 0) is 30.2 Å². The first-order valence-electron chi connectivity index (χ1n) is 5.59. The summed E-state index contributed by atoms with van der Waals surface area (Å²) in [5.41, 5.74) is 8.37. The van der Waals surface area contributed by atoms with Gasteiger partial charge in [0.25, 0.3) is 0 Å². The van der Waals surface area contributed by atoms with E-state index < -0.39 is 0 Å². The maximum Gasteiger partial charge on any atom is 0.141 e. The summed E-state index contributed by atoms with van der Waals surface area (Å²) in [7, 11) is 0. The van der Waals surface area contributed by atoms with Crippen LogP contribution in [0.4, 0.5) is 5.69 Å². The molecule has 2 aromatic rings. The fraction of sp³-hybridized carbons (Fsp3) is 0.133. The molecule has 2 nitrogen and oxygen atoms in total. The number of carbonyl (C=O) groups is 1. The molecule has 2 heteroatoms. The molecule has 0 aliphatic heterocycles. The van der Waals surface area contributed by atoms with Gasteiger partial charge < -0.3 is 5.73 Å². The van der Waals surface area contributed by atoms with E-state index in [0.29, 0.717) is 5.69 Å². The lowest BCUT2D eigenvalue weighted by atomic mass is 9.88. The van der Waals surface area contributed by atoms with Crippen molar-refractivity contribution in [2.45, 2.75) is 12.8 Å². The number of benzene rings is 2. The van der Waals surface area contributed by atoms with Gasteiger partial charge in [0, 0.05) is 5.69 Å². The Hall–Kier alpha value is -2.09. The minimum absolute atomic E-state index is 0.140. The Balaban J connectivity index is 2.43. The van der Waals surface area contributed by atoms with Crippen LogP contribution >= 0.6 is 0 Å². The standard InChI is InChI=1S/C15H15NO/c1-11(17)15(12-5-3-2-4-6-12)13-7-9-14(16)10-8-13/h2-10,15H,16H2,1H3. The highest BCUT2D eigenvalue weighted by molar-refractivity contribution is 5.87. The first-order valence-corrected chi connectivity index (χ1v) is 5.59. The zero-order valence-corrected chi connectivity index (χ0v) is 9.76. The third-order valence-electron chi connectivity index (χ3n) is 2.81. The number of hydrogen-bond donors (Lipinski definition) is 1. The Morgan fingerprint density at radius 2 is 1.47 bits per heavy atom. The molecule has 0 fully saturated rings. The molecule has 0 amide bonds. The van der Waals surface area contributed by atoms with Gasteiger partial charge in [0.05, 0.1) is 5.92 Å². The molecule has 0 radical (unpaired) electrons. The topological polar surface area (TPSA) is 43.1 Å². The van der Waals surface area contributed by atoms with E-state index in [1.54, 1.807) is 6.92 Å². The third-order valence-corrected chi connectivity index (χ3v) is 2.81. The van der Waals surface area contributed by atoms with Gasteiger partial charge in [-0.25, -0.2) is 0 Å². The van der Waals surface area contributed by atoms with Crippen molar-refractivity contribution in [1.82, 2.24) is 0 Å². The average Bonchev–Trinajstić information content (AvgIpc) is 2.33. The number of nitrogen functional groups attached to an aromatic ring is 1. The second kappa shape index (κ2) is 4.83. The maximum absolute atomic E-state index is 11.8. The lowest BCUT2D eigenvalue weighted by molar-refractivity contribution is -0.117. The lowest BCUT2D eigenvalue weighted by Crippen LogP contribution is -2.10. The lowest BCUT2D eigenvalue weighted by Gasteiger charge is -2.14. The Morgan fingerprint density at radius 1 is 0.941 bits per heavy atom. The van der Waals surface area contributed by atoms with Gasteiger partial charge in [-0.1, -0.05) is 42.5 Å². The van der Waals surface area contributed by atoms with Crippen LogP contribution in [0.15, 0.2) is 54.6 Å². The summed E-state index contributed by atoms with van der Waals surface area (Å²) in [5.74, 6) is -0.0576. The Morgan fingerprint density at radius 3 is 2.00 bits per heavy atom. The van der Waals surface area contributed by atoms with E-state index in [4.69, 9.17) is 5.73 Å². The number of rotatable bonds is 3. The Bertz CT molecular complexity index is 502. The number of anilines is 1. The number of carbonyl (C=O) groups excluding carboxylic acids is 1. The Labute approximate surface area is 101 Å². The second-order valence-corrected chi connectivity index (χ2v) is 4.12. The van der Waals surface area contributed by atoms with Crippen LogP contribution in [0.5, 0.6) is 0 Å². The van der Waals surface area contributed by atoms with Gasteiger partial charge in [0.1, 0.15) is 5.78 Å². The monoisotopic (exact) mass is 225 g/mol. The van der Waals surface area contributed by atoms with Crippen molar-refractivity contribution in [2.75, 3.05) is 5.73 Å². The predicted octanol–water partition coefficient (Wildman–Crippen LogP) is 2.99. The van der Waals surface area contributed by atoms with E-state index in [9.17, 15) is 4.79 Å². The molecule has 1 atom stereocenters. The smallest absolute Gasteiger partial charge is 0.141 e. The Kier molecular flexibility index (Phi) is 3.24. The summed E-state index contributed by atoms with van der Waals surface area (Å²) in [4.78, 5) is 11.8. The van der Waals surface area contributed by atoms with E-state index in [-0.39, 0.29) is 11.7 Å². The molecule has 1 unspecified atom stereocenters. The van der Waals surface area contributed by atoms with Gasteiger partial charge in [-0.15, -0.1) is 0 Å². The van der Waals surface area contributed by atoms with Crippen molar-refractivity contribution in [3.63, 3.8) is 0 Å². The van der Waals surface area contributed by atoms with E-state index in [0.717, 1.165) is 11.1 Å². The minimum atomic E-state index is -0.197. The average molecular weight is 225 g/mol. The molecule has 0 aromatic heterocycles. The molecule has 2 N–H and O–H groups in total. The number of nitrogens with two attached hydrogens (primary N) is 1. The second-order valence-electron chi connectivity index (χ2n) is 4.12. The van der Waals surface area contributed by atoms with E-state index in [1.165, 1.54) is 0 Å². The highest BCUT2D eigenvalue weighted by Crippen LogP contribution is 2.26. The van der Waals surface area contributed by atoms with Crippen LogP contribution in [0.2, 0.25) is 0 Å². The molecule has 0 spiro atoms. The highest BCUT2D eigenvalue weighted by atomic mass is 16.1. The molecule has 0 saturated heterocycles. The molecule has 0 aliphatic rings. The van der Waals surface area contributed by atoms with E-state index in [2.05, 4.69) is 0 Å². The van der Waals surface area contributed by atoms with Crippen LogP contribution < -0.4 is 5.73 Å². The molecule has 0 saturated carbocycles. The molecule has 0 heterocycles. The van der Waals surface area contributed by atoms with Gasteiger partial charge >= 0.3 is 0 Å². The molecule has 0 bridgehead atoms. The predicted molar refractivity (Wildman–Crippen MR) is 69.8 cm³/mol. The molecule has 2 aromatic carbocycles. The third kappa shape index (κ3) is 2.53. The SMILES string of the molecule is CC(=O)C(c1ccccc1)c1ccc(N)cc1. The minimum Gasteiger partial charge on any atom is -0.399 e. The molecular formula is C15H15NO. The summed E-state index contributed by atoms with van der Waals surface area (Å²) in [6.07, 6.45) is 0. The van der Waals surface area contributed by atoms with Crippen LogP contribution in [-0.4, -0.2) is 5.78 Å². The number of ketones is 1. The summed E-state index contributed by atoms with van der Waals surface area (Å²) in [6, 6.07) is 17.3. The quantitative estimate of drug-likeness (QED) is 0.816. The fourth-order valence-corrected chi connectivity index (χ4v) is 2.00. The zero-order valence-electron chi connectivity index (χ0n) is 9.76. The van der Waals surface area contributed by atoms with Gasteiger partial charge in [-0.3, -0.25) is 4.79 Å². The van der Waals surface area contributed by atoms with Crippen molar-refractivity contribution in [2.24, 2.45) is 0 Å². The first kappa shape index (κ1) is 11.4. The maximum atomic E-state index is 11.8. The summed E-state index contributed by atoms with van der Waals surface area (Å²) in [5, 5.41) is 0. The molecule has 17 heavy (non-hydrogen) atoms. The molecule has 0 aliphatic carbocycles. The fourth-order valence-electron chi connectivity index (χ4n) is 2.00. The van der Waals surface area contributed by atoms with Crippen molar-refractivity contribution in [3.8, 4) is 0 Å². The van der Waals surface area contributed by atoms with Crippen LogP contribution in [0, 0.1) is 0 Å². The van der Waals surface area contributed by atoms with Gasteiger partial charge in [0.15, 0.2) is 0 Å². The highest BCUT2D eigenvalue weighted by Gasteiger charge is 2.18. The molecule has 2 rings (SSSR count). The van der Waals surface area contributed by atoms with Crippen LogP contribution in [-0.2, 0) is 4.79 Å². The van der Waals surface area contributed by atoms with Crippen LogP contribution in [0.3, 0.4) is 0 Å². The van der Waals surface area contributed by atoms with E-state index in [1.807, 2.05) is 54.6 Å². The van der Waals surface area contributed by atoms with Crippen LogP contribution in [0.1, 0.15) is 24.0 Å². The summed E-state index contributed by atoms with van der Waals surface area (Å²) in [6.45, 7) is 1.62. The number of Topliss-reactive ketones (excluding diaryl/α,β-unsaturated/α-hetero) is 1. The van der Waals surface area contributed by atoms with Crippen molar-refractivity contribution < 1.29 is 4.79 Å². The van der Waals surface area contributed by atoms with Crippen LogP contribution in [0.25, 0.3) is 0 Å². The first-order chi connectivity index (χ1) is 8.18. The molecule has 86 valence electrons. The molecular weight excluding hydrogens is 210 g/mol. The number of hydrogen-bond acceptors (Lipinski definition) is 2. The zero-order chi connectivity index (χ0) is 12.3. The van der Waals surface area contributed by atoms with Crippen molar-refractivity contribution in [3.05, 3.63) is 65.7 Å². The summed E-state index contributed by atoms with van der Waals surface area (Å²) >= 11 is 0. The van der Waals surface area contributed by atoms with E-state index >= 15 is 0 Å². The largest absolute Gasteiger partial charge is 0.399 e. The summed E-state index contributed by atoms with van der Waals surface area (Å²) < 4.78 is 0. The van der Waals surface area contributed by atoms with Gasteiger partial charge in [0.2, 0.25) is 0 Å². The van der Waals surface area contributed by atoms with Crippen molar-refractivity contribution in [1.29, 1.82) is 0 Å². The van der Waals surface area contributed by atoms with Gasteiger partial charge in [-0.2, -0.15) is 0 Å².